The van der Waals surface area contributed by atoms with Crippen LogP contribution in [0.2, 0.25) is 0 Å². The minimum absolute atomic E-state index is 0.0386. The molecular formula is C26H39NO10S. The van der Waals surface area contributed by atoms with Gasteiger partial charge in [-0.05, 0) is 50.3 Å². The van der Waals surface area contributed by atoms with Crippen molar-refractivity contribution >= 4 is 23.6 Å². The van der Waals surface area contributed by atoms with Crippen molar-refractivity contribution in [3.8, 4) is 11.5 Å². The van der Waals surface area contributed by atoms with Gasteiger partial charge in [-0.3, -0.25) is 4.79 Å². The second-order valence-electron chi connectivity index (χ2n) is 10.1. The van der Waals surface area contributed by atoms with E-state index in [-0.39, 0.29) is 35.5 Å². The van der Waals surface area contributed by atoms with Gasteiger partial charge < -0.3 is 45.4 Å². The predicted molar refractivity (Wildman–Crippen MR) is 139 cm³/mol. The second-order valence-corrected chi connectivity index (χ2v) is 11.3. The number of phenols is 2. The zero-order valence-corrected chi connectivity index (χ0v) is 22.4. The van der Waals surface area contributed by atoms with Gasteiger partial charge in [-0.2, -0.15) is 0 Å². The van der Waals surface area contributed by atoms with Gasteiger partial charge in [0.15, 0.2) is 11.5 Å². The van der Waals surface area contributed by atoms with E-state index in [2.05, 4.69) is 12.2 Å². The molecule has 3 rings (SSSR count). The van der Waals surface area contributed by atoms with Gasteiger partial charge in [0.05, 0.1) is 17.7 Å². The number of rotatable bonds is 11. The van der Waals surface area contributed by atoms with Crippen molar-refractivity contribution in [1.29, 1.82) is 0 Å². The summed E-state index contributed by atoms with van der Waals surface area (Å²) >= 11 is 1.03. The van der Waals surface area contributed by atoms with Gasteiger partial charge in [0, 0.05) is 11.7 Å². The van der Waals surface area contributed by atoms with Crippen molar-refractivity contribution in [2.75, 3.05) is 12.4 Å². The van der Waals surface area contributed by atoms with Gasteiger partial charge in [-0.15, -0.1) is 11.8 Å². The molecule has 2 fully saturated rings. The first-order chi connectivity index (χ1) is 18.0. The monoisotopic (exact) mass is 557 g/mol. The molecule has 9 atom stereocenters. The molecule has 0 bridgehead atoms. The molecule has 1 aromatic rings. The van der Waals surface area contributed by atoms with E-state index in [1.54, 1.807) is 0 Å². The van der Waals surface area contributed by atoms with Crippen molar-refractivity contribution in [2.24, 2.45) is 11.8 Å². The zero-order chi connectivity index (χ0) is 28.0. The lowest BCUT2D eigenvalue weighted by molar-refractivity contribution is -0.211. The lowest BCUT2D eigenvalue weighted by Crippen LogP contribution is -2.65. The number of hydrogen-bond acceptors (Lipinski definition) is 11. The molecule has 0 aromatic heterocycles. The number of nitrogens with one attached hydrogen (secondary N) is 1. The van der Waals surface area contributed by atoms with E-state index in [4.69, 9.17) is 9.47 Å². The fourth-order valence-corrected chi connectivity index (χ4v) is 6.06. The largest absolute Gasteiger partial charge is 0.504 e. The van der Waals surface area contributed by atoms with E-state index in [9.17, 15) is 40.2 Å². The number of thioether (sulfide) groups is 1. The van der Waals surface area contributed by atoms with Crippen LogP contribution in [0.4, 0.5) is 0 Å². The highest BCUT2D eigenvalue weighted by molar-refractivity contribution is 7.99. The van der Waals surface area contributed by atoms with Gasteiger partial charge in [0.25, 0.3) is 0 Å². The van der Waals surface area contributed by atoms with Crippen LogP contribution in [0.5, 0.6) is 11.5 Å². The molecule has 7 N–H and O–H groups in total. The van der Waals surface area contributed by atoms with E-state index in [0.717, 1.165) is 56.0 Å². The van der Waals surface area contributed by atoms with Crippen molar-refractivity contribution in [1.82, 2.24) is 5.32 Å². The lowest BCUT2D eigenvalue weighted by Gasteiger charge is -2.44. The first kappa shape index (κ1) is 30.5. The number of carbonyl (C=O) groups excluding carboxylic acids is 2. The SMILES string of the molecule is CCC[C@H]1CC[C@H](C(=O)N[C@@H]([C@H]2O[C@H](SCCOC(=O)c3ccc(O)c(O)c3)[C@H](O)[C@@H](O)[C@H]2O)[C@@H](C)O)C1. The summed E-state index contributed by atoms with van der Waals surface area (Å²) in [7, 11) is 0. The topological polar surface area (TPSA) is 186 Å². The number of amides is 1. The van der Waals surface area contributed by atoms with Crippen molar-refractivity contribution in [2.45, 2.75) is 87.9 Å². The maximum absolute atomic E-state index is 13.0. The Morgan fingerprint density at radius 3 is 2.53 bits per heavy atom. The number of aromatic hydroxyl groups is 2. The van der Waals surface area contributed by atoms with Crippen LogP contribution in [0, 0.1) is 11.8 Å². The van der Waals surface area contributed by atoms with Crippen LogP contribution in [0.1, 0.15) is 56.3 Å². The molecule has 38 heavy (non-hydrogen) atoms. The average Bonchev–Trinajstić information content (AvgIpc) is 3.35. The van der Waals surface area contributed by atoms with Gasteiger partial charge in [0.2, 0.25) is 5.91 Å². The fraction of sp³-hybridized carbons (Fsp3) is 0.692. The number of phenolic OH excluding ortho intramolecular Hbond substituents is 2. The highest BCUT2D eigenvalue weighted by Crippen LogP contribution is 2.35. The summed E-state index contributed by atoms with van der Waals surface area (Å²) in [6.45, 7) is 3.46. The summed E-state index contributed by atoms with van der Waals surface area (Å²) in [5.74, 6) is -1.35. The molecule has 1 heterocycles. The van der Waals surface area contributed by atoms with E-state index >= 15 is 0 Å². The third-order valence-corrected chi connectivity index (χ3v) is 8.33. The van der Waals surface area contributed by atoms with E-state index < -0.39 is 53.7 Å². The van der Waals surface area contributed by atoms with Gasteiger partial charge >= 0.3 is 5.97 Å². The Morgan fingerprint density at radius 2 is 1.87 bits per heavy atom. The Kier molecular flexibility index (Phi) is 11.1. The van der Waals surface area contributed by atoms with Gasteiger partial charge in [-0.1, -0.05) is 19.8 Å². The molecule has 1 saturated carbocycles. The molecule has 0 unspecified atom stereocenters. The van der Waals surface area contributed by atoms with Crippen molar-refractivity contribution in [3.05, 3.63) is 23.8 Å². The van der Waals surface area contributed by atoms with Crippen LogP contribution < -0.4 is 5.32 Å². The predicted octanol–water partition coefficient (Wildman–Crippen LogP) is 0.877. The Balaban J connectivity index is 1.57. The van der Waals surface area contributed by atoms with Crippen molar-refractivity contribution < 1.29 is 49.7 Å². The Labute approximate surface area is 226 Å². The summed E-state index contributed by atoms with van der Waals surface area (Å²) in [4.78, 5) is 25.1. The zero-order valence-electron chi connectivity index (χ0n) is 21.6. The van der Waals surface area contributed by atoms with E-state index in [1.807, 2.05) is 0 Å². The number of aliphatic hydroxyl groups is 4. The highest BCUT2D eigenvalue weighted by Gasteiger charge is 2.48. The fourth-order valence-electron chi connectivity index (χ4n) is 5.08. The maximum Gasteiger partial charge on any atom is 0.338 e. The summed E-state index contributed by atoms with van der Waals surface area (Å²) in [6.07, 6.45) is -2.32. The van der Waals surface area contributed by atoms with Crippen LogP contribution in [0.25, 0.3) is 0 Å². The normalized spacial score (nSPS) is 30.9. The quantitative estimate of drug-likeness (QED) is 0.116. The van der Waals surface area contributed by atoms with Crippen LogP contribution in [0.15, 0.2) is 18.2 Å². The van der Waals surface area contributed by atoms with Crippen LogP contribution in [-0.2, 0) is 14.3 Å². The smallest absolute Gasteiger partial charge is 0.338 e. The number of aliphatic hydroxyl groups excluding tert-OH is 4. The summed E-state index contributed by atoms with van der Waals surface area (Å²) < 4.78 is 11.0. The van der Waals surface area contributed by atoms with Crippen LogP contribution in [-0.4, -0.2) is 96.9 Å². The molecule has 1 aliphatic heterocycles. The third-order valence-electron chi connectivity index (χ3n) is 7.21. The molecule has 2 aliphatic rings. The summed E-state index contributed by atoms with van der Waals surface area (Å²) in [5, 5.41) is 63.7. The van der Waals surface area contributed by atoms with Gasteiger partial charge in [-0.25, -0.2) is 4.79 Å². The third kappa shape index (κ3) is 7.51. The summed E-state index contributed by atoms with van der Waals surface area (Å²) in [5.41, 5.74) is -0.995. The molecule has 1 aliphatic carbocycles. The molecule has 214 valence electrons. The molecule has 1 saturated heterocycles. The Bertz CT molecular complexity index is 947. The molecule has 0 spiro atoms. The highest BCUT2D eigenvalue weighted by atomic mass is 32.2. The molecular weight excluding hydrogens is 518 g/mol. The molecule has 1 aromatic carbocycles. The standard InChI is InChI=1S/C26H39NO10S/c1-3-4-14-5-6-15(11-14)24(34)27-19(13(2)28)23-21(32)20(31)22(33)26(37-23)38-10-9-36-25(35)16-7-8-17(29)18(30)12-16/h7-8,12-15,19-23,26,28-33H,3-6,9-11H2,1-2H3,(H,27,34)/t13-,14+,15+,19-,20+,21-,22-,23-,26-/m1/s1. The molecule has 12 heteroatoms. The Morgan fingerprint density at radius 1 is 1.13 bits per heavy atom. The summed E-state index contributed by atoms with van der Waals surface area (Å²) in [6, 6.07) is 2.50. The Hall–Kier alpha value is -2.09. The number of ether oxygens (including phenoxy) is 2. The minimum Gasteiger partial charge on any atom is -0.504 e. The van der Waals surface area contributed by atoms with Gasteiger partial charge in [0.1, 0.15) is 36.5 Å². The van der Waals surface area contributed by atoms with E-state index in [1.165, 1.54) is 13.0 Å². The number of carbonyl (C=O) groups is 2. The number of esters is 1. The minimum atomic E-state index is -1.59. The lowest BCUT2D eigenvalue weighted by atomic mass is 9.91. The van der Waals surface area contributed by atoms with Crippen LogP contribution >= 0.6 is 11.8 Å². The molecule has 1 amide bonds. The molecule has 11 nitrogen and oxygen atoms in total. The second kappa shape index (κ2) is 13.8. The van der Waals surface area contributed by atoms with Crippen molar-refractivity contribution in [3.63, 3.8) is 0 Å². The molecule has 0 radical (unpaired) electrons. The first-order valence-electron chi connectivity index (χ1n) is 13.0. The number of hydrogen-bond donors (Lipinski definition) is 7. The average molecular weight is 558 g/mol. The van der Waals surface area contributed by atoms with Crippen LogP contribution in [0.3, 0.4) is 0 Å². The number of benzene rings is 1. The van der Waals surface area contributed by atoms with E-state index in [0.29, 0.717) is 5.92 Å². The first-order valence-corrected chi connectivity index (χ1v) is 14.1. The maximum atomic E-state index is 13.0.